The molecule has 0 aromatic heterocycles. The number of nitrogens with one attached hydrogen (secondary N) is 1. The van der Waals surface area contributed by atoms with Crippen molar-refractivity contribution in [1.29, 1.82) is 0 Å². The maximum atomic E-state index is 5.59. The largest absolute Gasteiger partial charge is 0.380 e. The van der Waals surface area contributed by atoms with Crippen LogP contribution in [0.1, 0.15) is 32.6 Å². The minimum Gasteiger partial charge on any atom is -0.380 e. The lowest BCUT2D eigenvalue weighted by atomic mass is 10.0. The number of hydrogen-bond donors (Lipinski definition) is 1. The highest BCUT2D eigenvalue weighted by Gasteiger charge is 2.20. The molecule has 3 atom stereocenters. The first-order valence-corrected chi connectivity index (χ1v) is 5.59. The number of likely N-dealkylation sites (N-methyl/N-ethyl adjacent to an activating group) is 1. The van der Waals surface area contributed by atoms with Gasteiger partial charge < -0.3 is 14.8 Å². The van der Waals surface area contributed by atoms with Crippen molar-refractivity contribution in [3.8, 4) is 0 Å². The van der Waals surface area contributed by atoms with E-state index in [-0.39, 0.29) is 6.10 Å². The summed E-state index contributed by atoms with van der Waals surface area (Å²) >= 11 is 0. The Morgan fingerprint density at radius 1 is 1.57 bits per heavy atom. The maximum absolute atomic E-state index is 5.59. The van der Waals surface area contributed by atoms with Gasteiger partial charge >= 0.3 is 0 Å². The van der Waals surface area contributed by atoms with E-state index >= 15 is 0 Å². The summed E-state index contributed by atoms with van der Waals surface area (Å²) in [6.45, 7) is 3.06. The third-order valence-electron chi connectivity index (χ3n) is 3.13. The highest BCUT2D eigenvalue weighted by molar-refractivity contribution is 4.75. The summed E-state index contributed by atoms with van der Waals surface area (Å²) in [5.41, 5.74) is 0. The first-order chi connectivity index (χ1) is 6.77. The van der Waals surface area contributed by atoms with Gasteiger partial charge in [-0.05, 0) is 39.7 Å². The molecule has 0 radical (unpaired) electrons. The van der Waals surface area contributed by atoms with E-state index in [0.717, 1.165) is 19.4 Å². The predicted octanol–water partition coefficient (Wildman–Crippen LogP) is 1.57. The van der Waals surface area contributed by atoms with Gasteiger partial charge in [0.15, 0.2) is 0 Å². The molecule has 1 rings (SSSR count). The predicted molar refractivity (Wildman–Crippen MR) is 57.5 cm³/mol. The highest BCUT2D eigenvalue weighted by atomic mass is 16.5. The minimum absolute atomic E-state index is 0.279. The van der Waals surface area contributed by atoms with Crippen molar-refractivity contribution in [2.24, 2.45) is 0 Å². The quantitative estimate of drug-likeness (QED) is 0.707. The van der Waals surface area contributed by atoms with Crippen molar-refractivity contribution in [3.05, 3.63) is 0 Å². The maximum Gasteiger partial charge on any atom is 0.0696 e. The molecule has 0 spiro atoms. The van der Waals surface area contributed by atoms with E-state index in [0.29, 0.717) is 12.1 Å². The van der Waals surface area contributed by atoms with Crippen molar-refractivity contribution in [2.45, 2.75) is 50.9 Å². The van der Waals surface area contributed by atoms with Crippen LogP contribution in [0.15, 0.2) is 0 Å². The van der Waals surface area contributed by atoms with Gasteiger partial charge in [-0.1, -0.05) is 0 Å². The third kappa shape index (κ3) is 3.56. The summed E-state index contributed by atoms with van der Waals surface area (Å²) in [7, 11) is 3.76. The fourth-order valence-electron chi connectivity index (χ4n) is 2.02. The van der Waals surface area contributed by atoms with Gasteiger partial charge in [-0.15, -0.1) is 0 Å². The molecule has 0 aliphatic carbocycles. The summed E-state index contributed by atoms with van der Waals surface area (Å²) in [4.78, 5) is 0. The molecule has 1 heterocycles. The lowest BCUT2D eigenvalue weighted by Gasteiger charge is -2.23. The number of methoxy groups -OCH3 is 1. The van der Waals surface area contributed by atoms with Crippen LogP contribution in [0.4, 0.5) is 0 Å². The van der Waals surface area contributed by atoms with Crippen LogP contribution < -0.4 is 5.32 Å². The Morgan fingerprint density at radius 2 is 2.36 bits per heavy atom. The Bertz CT molecular complexity index is 146. The summed E-state index contributed by atoms with van der Waals surface area (Å²) in [5, 5.41) is 3.30. The van der Waals surface area contributed by atoms with Gasteiger partial charge in [0.1, 0.15) is 0 Å². The average Bonchev–Trinajstić information content (AvgIpc) is 2.71. The molecule has 1 aliphatic rings. The molecular weight excluding hydrogens is 178 g/mol. The van der Waals surface area contributed by atoms with Gasteiger partial charge in [0, 0.05) is 19.8 Å². The molecule has 84 valence electrons. The zero-order chi connectivity index (χ0) is 10.4. The molecular formula is C11H23NO2. The smallest absolute Gasteiger partial charge is 0.0696 e. The van der Waals surface area contributed by atoms with Crippen LogP contribution >= 0.6 is 0 Å². The molecule has 1 aliphatic heterocycles. The standard InChI is InChI=1S/C11H23NO2/c1-9(13-3)11(12-2)7-6-10-5-4-8-14-10/h9-12H,4-8H2,1-3H3. The monoisotopic (exact) mass is 201 g/mol. The third-order valence-corrected chi connectivity index (χ3v) is 3.13. The second-order valence-electron chi connectivity index (χ2n) is 4.05. The van der Waals surface area contributed by atoms with Crippen LogP contribution in [-0.4, -0.2) is 39.0 Å². The van der Waals surface area contributed by atoms with E-state index in [4.69, 9.17) is 9.47 Å². The van der Waals surface area contributed by atoms with Gasteiger partial charge in [-0.3, -0.25) is 0 Å². The molecule has 0 aromatic carbocycles. The Labute approximate surface area is 87.2 Å². The summed E-state index contributed by atoms with van der Waals surface area (Å²) in [6, 6.07) is 0.448. The summed E-state index contributed by atoms with van der Waals surface area (Å²) in [5.74, 6) is 0. The molecule has 0 saturated carbocycles. The average molecular weight is 201 g/mol. The zero-order valence-electron chi connectivity index (χ0n) is 9.58. The van der Waals surface area contributed by atoms with Crippen LogP contribution in [0.3, 0.4) is 0 Å². The van der Waals surface area contributed by atoms with Crippen LogP contribution in [0.5, 0.6) is 0 Å². The molecule has 1 saturated heterocycles. The first-order valence-electron chi connectivity index (χ1n) is 5.59. The van der Waals surface area contributed by atoms with Gasteiger partial charge in [0.2, 0.25) is 0 Å². The molecule has 3 nitrogen and oxygen atoms in total. The topological polar surface area (TPSA) is 30.5 Å². The normalized spacial score (nSPS) is 26.4. The van der Waals surface area contributed by atoms with Crippen molar-refractivity contribution in [2.75, 3.05) is 20.8 Å². The molecule has 0 bridgehead atoms. The molecule has 14 heavy (non-hydrogen) atoms. The van der Waals surface area contributed by atoms with Gasteiger partial charge in [-0.25, -0.2) is 0 Å². The van der Waals surface area contributed by atoms with Crippen molar-refractivity contribution < 1.29 is 9.47 Å². The van der Waals surface area contributed by atoms with Crippen molar-refractivity contribution in [3.63, 3.8) is 0 Å². The van der Waals surface area contributed by atoms with E-state index in [1.54, 1.807) is 7.11 Å². The van der Waals surface area contributed by atoms with Crippen LogP contribution in [-0.2, 0) is 9.47 Å². The summed E-state index contributed by atoms with van der Waals surface area (Å²) < 4.78 is 10.9. The van der Waals surface area contributed by atoms with Gasteiger partial charge in [0.25, 0.3) is 0 Å². The SMILES string of the molecule is CNC(CCC1CCCO1)C(C)OC. The van der Waals surface area contributed by atoms with Crippen LogP contribution in [0.25, 0.3) is 0 Å². The number of hydrogen-bond acceptors (Lipinski definition) is 3. The first kappa shape index (κ1) is 12.0. The molecule has 3 heteroatoms. The fourth-order valence-corrected chi connectivity index (χ4v) is 2.02. The fraction of sp³-hybridized carbons (Fsp3) is 1.00. The highest BCUT2D eigenvalue weighted by Crippen LogP contribution is 2.18. The zero-order valence-corrected chi connectivity index (χ0v) is 9.58. The van der Waals surface area contributed by atoms with Crippen molar-refractivity contribution in [1.82, 2.24) is 5.32 Å². The van der Waals surface area contributed by atoms with Crippen molar-refractivity contribution >= 4 is 0 Å². The summed E-state index contributed by atoms with van der Waals surface area (Å²) in [6.07, 6.45) is 5.53. The van der Waals surface area contributed by atoms with E-state index in [2.05, 4.69) is 12.2 Å². The Kier molecular flexibility index (Phi) is 5.45. The van der Waals surface area contributed by atoms with E-state index in [1.807, 2.05) is 7.05 Å². The lowest BCUT2D eigenvalue weighted by Crippen LogP contribution is -2.37. The number of ether oxygens (including phenoxy) is 2. The van der Waals surface area contributed by atoms with Gasteiger partial charge in [-0.2, -0.15) is 0 Å². The van der Waals surface area contributed by atoms with Crippen LogP contribution in [0, 0.1) is 0 Å². The molecule has 1 N–H and O–H groups in total. The van der Waals surface area contributed by atoms with E-state index < -0.39 is 0 Å². The van der Waals surface area contributed by atoms with Gasteiger partial charge in [0.05, 0.1) is 12.2 Å². The Morgan fingerprint density at radius 3 is 2.86 bits per heavy atom. The number of rotatable bonds is 6. The van der Waals surface area contributed by atoms with Crippen LogP contribution in [0.2, 0.25) is 0 Å². The molecule has 1 fully saturated rings. The minimum atomic E-state index is 0.279. The van der Waals surface area contributed by atoms with E-state index in [1.165, 1.54) is 12.8 Å². The lowest BCUT2D eigenvalue weighted by molar-refractivity contribution is 0.0652. The van der Waals surface area contributed by atoms with E-state index in [9.17, 15) is 0 Å². The molecule has 0 aromatic rings. The molecule has 0 amide bonds. The molecule has 3 unspecified atom stereocenters. The Hall–Kier alpha value is -0.120. The second-order valence-corrected chi connectivity index (χ2v) is 4.05. The Balaban J connectivity index is 2.19. The second kappa shape index (κ2) is 6.38.